The van der Waals surface area contributed by atoms with Crippen molar-refractivity contribution in [2.45, 2.75) is 65.2 Å². The van der Waals surface area contributed by atoms with Gasteiger partial charge in [-0.25, -0.2) is 0 Å². The van der Waals surface area contributed by atoms with Gasteiger partial charge >= 0.3 is 0 Å². The molecule has 0 fully saturated rings. The maximum absolute atomic E-state index is 3.43. The van der Waals surface area contributed by atoms with Crippen LogP contribution in [0.5, 0.6) is 0 Å². The van der Waals surface area contributed by atoms with Gasteiger partial charge in [-0.05, 0) is 44.1 Å². The molecule has 1 radical (unpaired) electrons. The van der Waals surface area contributed by atoms with Crippen molar-refractivity contribution in [2.24, 2.45) is 5.92 Å². The maximum atomic E-state index is 3.43. The second-order valence-electron chi connectivity index (χ2n) is 4.66. The second kappa shape index (κ2) is 7.73. The highest BCUT2D eigenvalue weighted by Gasteiger charge is 2.07. The van der Waals surface area contributed by atoms with Crippen molar-refractivity contribution < 1.29 is 0 Å². The molecule has 0 aromatic rings. The first-order valence-corrected chi connectivity index (χ1v) is 6.62. The summed E-state index contributed by atoms with van der Waals surface area (Å²) in [5.41, 5.74) is 1.51. The van der Waals surface area contributed by atoms with Gasteiger partial charge in [0.25, 0.3) is 0 Å². The molecule has 0 saturated carbocycles. The molecule has 1 aliphatic carbocycles. The Labute approximate surface area is 95.5 Å². The van der Waals surface area contributed by atoms with Crippen LogP contribution in [0, 0.1) is 12.0 Å². The van der Waals surface area contributed by atoms with Gasteiger partial charge in [-0.15, -0.1) is 0 Å². The van der Waals surface area contributed by atoms with Gasteiger partial charge in [-0.1, -0.05) is 50.8 Å². The Bertz CT molecular complexity index is 210. The molecule has 0 aromatic carbocycles. The zero-order chi connectivity index (χ0) is 10.9. The highest BCUT2D eigenvalue weighted by molar-refractivity contribution is 5.17. The molecule has 0 bridgehead atoms. The smallest absolute Gasteiger partial charge is 0.0276 e. The van der Waals surface area contributed by atoms with E-state index in [1.807, 2.05) is 0 Å². The van der Waals surface area contributed by atoms with Crippen LogP contribution in [-0.2, 0) is 0 Å². The molecular formula is C15H25. The first kappa shape index (κ1) is 12.5. The van der Waals surface area contributed by atoms with Crippen LogP contribution in [0.3, 0.4) is 0 Å². The Morgan fingerprint density at radius 1 is 1.33 bits per heavy atom. The molecule has 0 saturated heterocycles. The van der Waals surface area contributed by atoms with Crippen LogP contribution in [-0.4, -0.2) is 0 Å². The summed E-state index contributed by atoms with van der Waals surface area (Å²) in [6.45, 7) is 4.55. The highest BCUT2D eigenvalue weighted by Crippen LogP contribution is 2.23. The van der Waals surface area contributed by atoms with Crippen LogP contribution in [0.15, 0.2) is 17.7 Å². The van der Waals surface area contributed by atoms with E-state index in [2.05, 4.69) is 32.1 Å². The van der Waals surface area contributed by atoms with E-state index in [-0.39, 0.29) is 0 Å². The predicted octanol–water partition coefficient (Wildman–Crippen LogP) is 5.06. The lowest BCUT2D eigenvalue weighted by Gasteiger charge is -2.13. The summed E-state index contributed by atoms with van der Waals surface area (Å²) in [4.78, 5) is 0. The summed E-state index contributed by atoms with van der Waals surface area (Å²) >= 11 is 0. The van der Waals surface area contributed by atoms with Gasteiger partial charge in [-0.2, -0.15) is 0 Å². The van der Waals surface area contributed by atoms with E-state index >= 15 is 0 Å². The van der Waals surface area contributed by atoms with E-state index in [1.54, 1.807) is 0 Å². The monoisotopic (exact) mass is 205 g/mol. The van der Waals surface area contributed by atoms with E-state index in [9.17, 15) is 0 Å². The summed E-state index contributed by atoms with van der Waals surface area (Å²) in [6, 6.07) is 0. The predicted molar refractivity (Wildman–Crippen MR) is 67.7 cm³/mol. The minimum absolute atomic E-state index is 0.926. The first-order valence-electron chi connectivity index (χ1n) is 6.62. The molecule has 85 valence electrons. The molecule has 0 heteroatoms. The lowest BCUT2D eigenvalue weighted by Crippen LogP contribution is -1.98. The molecule has 0 spiro atoms. The molecule has 1 rings (SSSR count). The molecule has 0 aliphatic heterocycles. The molecule has 0 amide bonds. The summed E-state index contributed by atoms with van der Waals surface area (Å²) in [7, 11) is 0. The quantitative estimate of drug-likeness (QED) is 0.601. The van der Waals surface area contributed by atoms with Crippen molar-refractivity contribution in [3.8, 4) is 0 Å². The van der Waals surface area contributed by atoms with E-state index in [1.165, 1.54) is 50.5 Å². The Morgan fingerprint density at radius 3 is 2.93 bits per heavy atom. The van der Waals surface area contributed by atoms with E-state index < -0.39 is 0 Å². The number of hydrogen-bond acceptors (Lipinski definition) is 0. The summed E-state index contributed by atoms with van der Waals surface area (Å²) < 4.78 is 0. The molecule has 1 unspecified atom stereocenters. The third-order valence-corrected chi connectivity index (χ3v) is 3.17. The lowest BCUT2D eigenvalue weighted by atomic mass is 9.93. The van der Waals surface area contributed by atoms with Gasteiger partial charge < -0.3 is 0 Å². The van der Waals surface area contributed by atoms with Gasteiger partial charge in [0.2, 0.25) is 0 Å². The highest BCUT2D eigenvalue weighted by atomic mass is 14.1. The Morgan fingerprint density at radius 2 is 2.20 bits per heavy atom. The number of allylic oxidation sites excluding steroid dienone is 4. The fraction of sp³-hybridized carbons (Fsp3) is 0.733. The molecule has 1 atom stereocenters. The third-order valence-electron chi connectivity index (χ3n) is 3.17. The minimum atomic E-state index is 0.926. The van der Waals surface area contributed by atoms with Crippen molar-refractivity contribution >= 4 is 0 Å². The SMILES string of the molecule is CCCC1=C\CC(CCC)CCC/[C]=C\1. The van der Waals surface area contributed by atoms with Crippen LogP contribution in [0.4, 0.5) is 0 Å². The van der Waals surface area contributed by atoms with E-state index in [0.717, 1.165) is 12.3 Å². The van der Waals surface area contributed by atoms with Crippen LogP contribution in [0.2, 0.25) is 0 Å². The Balaban J connectivity index is 2.53. The second-order valence-corrected chi connectivity index (χ2v) is 4.66. The molecule has 1 aliphatic rings. The summed E-state index contributed by atoms with van der Waals surface area (Å²) in [6.07, 6.45) is 18.5. The van der Waals surface area contributed by atoms with Gasteiger partial charge in [0.05, 0.1) is 0 Å². The van der Waals surface area contributed by atoms with E-state index in [4.69, 9.17) is 0 Å². The number of hydrogen-bond donors (Lipinski definition) is 0. The summed E-state index contributed by atoms with van der Waals surface area (Å²) in [5, 5.41) is 0. The van der Waals surface area contributed by atoms with Crippen LogP contribution < -0.4 is 0 Å². The zero-order valence-electron chi connectivity index (χ0n) is 10.4. The van der Waals surface area contributed by atoms with Crippen LogP contribution in [0.25, 0.3) is 0 Å². The van der Waals surface area contributed by atoms with Crippen LogP contribution >= 0.6 is 0 Å². The van der Waals surface area contributed by atoms with Crippen molar-refractivity contribution in [1.82, 2.24) is 0 Å². The van der Waals surface area contributed by atoms with Crippen molar-refractivity contribution in [2.75, 3.05) is 0 Å². The average molecular weight is 205 g/mol. The number of rotatable bonds is 4. The molecule has 15 heavy (non-hydrogen) atoms. The van der Waals surface area contributed by atoms with Gasteiger partial charge in [0.15, 0.2) is 0 Å². The van der Waals surface area contributed by atoms with E-state index in [0.29, 0.717) is 0 Å². The van der Waals surface area contributed by atoms with Crippen molar-refractivity contribution in [1.29, 1.82) is 0 Å². The maximum Gasteiger partial charge on any atom is -0.0276 e. The fourth-order valence-electron chi connectivity index (χ4n) is 2.32. The molecule has 0 nitrogen and oxygen atoms in total. The van der Waals surface area contributed by atoms with Gasteiger partial charge in [0, 0.05) is 0 Å². The van der Waals surface area contributed by atoms with Crippen molar-refractivity contribution in [3.05, 3.63) is 23.8 Å². The van der Waals surface area contributed by atoms with Crippen LogP contribution in [0.1, 0.15) is 65.2 Å². The lowest BCUT2D eigenvalue weighted by molar-refractivity contribution is 0.437. The molecule has 0 aromatic heterocycles. The molecule has 0 heterocycles. The standard InChI is InChI=1S/C15H25/c1-3-8-14-10-6-5-7-11-15(9-4-2)13-12-14/h11,13-14H,3-6,8-10,12H2,1-2H3/b11-7?,15-13+. The first-order chi connectivity index (χ1) is 7.36. The average Bonchev–Trinajstić information content (AvgIpc) is 2.33. The Kier molecular flexibility index (Phi) is 6.47. The zero-order valence-corrected chi connectivity index (χ0v) is 10.4. The normalized spacial score (nSPS) is 28.4. The molecular weight excluding hydrogens is 180 g/mol. The Hall–Kier alpha value is -0.520. The fourth-order valence-corrected chi connectivity index (χ4v) is 2.32. The summed E-state index contributed by atoms with van der Waals surface area (Å²) in [5.74, 6) is 0.926. The third kappa shape index (κ3) is 5.20. The van der Waals surface area contributed by atoms with Gasteiger partial charge in [-0.3, -0.25) is 0 Å². The topological polar surface area (TPSA) is 0 Å². The van der Waals surface area contributed by atoms with Crippen molar-refractivity contribution in [3.63, 3.8) is 0 Å². The minimum Gasteiger partial charge on any atom is -0.0810 e. The molecule has 0 N–H and O–H groups in total. The largest absolute Gasteiger partial charge is 0.0810 e. The van der Waals surface area contributed by atoms with Gasteiger partial charge in [0.1, 0.15) is 0 Å².